The van der Waals surface area contributed by atoms with Crippen LogP contribution in [0.5, 0.6) is 0 Å². The van der Waals surface area contributed by atoms with Gasteiger partial charge in [0.2, 0.25) is 0 Å². The molecule has 1 aromatic rings. The molecule has 0 aromatic heterocycles. The van der Waals surface area contributed by atoms with Crippen molar-refractivity contribution in [1.29, 1.82) is 0 Å². The van der Waals surface area contributed by atoms with Crippen molar-refractivity contribution in [2.45, 2.75) is 79.1 Å². The van der Waals surface area contributed by atoms with Crippen LogP contribution in [0.25, 0.3) is 0 Å². The van der Waals surface area contributed by atoms with Crippen molar-refractivity contribution in [2.24, 2.45) is 11.3 Å². The second-order valence-electron chi connectivity index (χ2n) is 10.6. The van der Waals surface area contributed by atoms with Crippen LogP contribution in [0.15, 0.2) is 18.2 Å². The van der Waals surface area contributed by atoms with Gasteiger partial charge >= 0.3 is 5.97 Å². The van der Waals surface area contributed by atoms with Crippen LogP contribution in [0.1, 0.15) is 95.0 Å². The Morgan fingerprint density at radius 1 is 1.03 bits per heavy atom. The van der Waals surface area contributed by atoms with Crippen LogP contribution in [0, 0.1) is 11.3 Å². The van der Waals surface area contributed by atoms with Gasteiger partial charge in [0.05, 0.1) is 12.2 Å². The minimum absolute atomic E-state index is 0. The van der Waals surface area contributed by atoms with E-state index >= 15 is 0 Å². The number of nitrogens with zero attached hydrogens (tertiary/aromatic N) is 2. The molecule has 1 aliphatic heterocycles. The summed E-state index contributed by atoms with van der Waals surface area (Å²) in [5, 5.41) is 0. The Kier molecular flexibility index (Phi) is 10.4. The normalized spacial score (nSPS) is 22.3. The number of rotatable bonds is 7. The van der Waals surface area contributed by atoms with Gasteiger partial charge in [0.1, 0.15) is 0 Å². The lowest BCUT2D eigenvalue weighted by Gasteiger charge is -2.40. The first kappa shape index (κ1) is 27.0. The number of anilines is 1. The van der Waals surface area contributed by atoms with Crippen molar-refractivity contribution in [3.63, 3.8) is 0 Å². The number of ether oxygens (including phenoxy) is 1. The number of halogens is 1. The molecule has 2 aliphatic rings. The van der Waals surface area contributed by atoms with E-state index in [0.717, 1.165) is 32.1 Å². The third kappa shape index (κ3) is 6.87. The SMILES string of the molecule is CCCCN1CCN(c2ccc(C(=O)OCC)cc2C2CCC(C(C)(C)C)CC2)CC1.Cl. The first-order valence-electron chi connectivity index (χ1n) is 12.6. The number of carbonyl (C=O) groups is 1. The Hall–Kier alpha value is -1.26. The quantitative estimate of drug-likeness (QED) is 0.429. The topological polar surface area (TPSA) is 32.8 Å². The van der Waals surface area contributed by atoms with Crippen molar-refractivity contribution in [1.82, 2.24) is 4.90 Å². The molecule has 1 aromatic carbocycles. The van der Waals surface area contributed by atoms with E-state index in [1.807, 2.05) is 13.0 Å². The Balaban J connectivity index is 0.00000363. The zero-order chi connectivity index (χ0) is 22.4. The van der Waals surface area contributed by atoms with Gasteiger partial charge in [-0.25, -0.2) is 4.79 Å². The molecule has 32 heavy (non-hydrogen) atoms. The van der Waals surface area contributed by atoms with Crippen molar-refractivity contribution in [3.05, 3.63) is 29.3 Å². The maximum Gasteiger partial charge on any atom is 0.338 e. The van der Waals surface area contributed by atoms with Crippen LogP contribution in [0.2, 0.25) is 0 Å². The summed E-state index contributed by atoms with van der Waals surface area (Å²) in [7, 11) is 0. The lowest BCUT2D eigenvalue weighted by atomic mass is 9.68. The first-order valence-corrected chi connectivity index (χ1v) is 12.6. The molecule has 0 spiro atoms. The summed E-state index contributed by atoms with van der Waals surface area (Å²) in [5.41, 5.74) is 3.82. The van der Waals surface area contributed by atoms with Crippen molar-refractivity contribution in [2.75, 3.05) is 44.2 Å². The highest BCUT2D eigenvalue weighted by molar-refractivity contribution is 5.90. The van der Waals surface area contributed by atoms with Gasteiger partial charge in [0, 0.05) is 31.9 Å². The van der Waals surface area contributed by atoms with Gasteiger partial charge in [-0.1, -0.05) is 34.1 Å². The van der Waals surface area contributed by atoms with E-state index in [1.54, 1.807) is 0 Å². The second kappa shape index (κ2) is 12.3. The lowest BCUT2D eigenvalue weighted by Crippen LogP contribution is -2.47. The maximum atomic E-state index is 12.5. The molecule has 1 heterocycles. The number of esters is 1. The highest BCUT2D eigenvalue weighted by Gasteiger charge is 2.32. The van der Waals surface area contributed by atoms with Gasteiger partial charge in [0.25, 0.3) is 0 Å². The third-order valence-corrected chi connectivity index (χ3v) is 7.47. The minimum atomic E-state index is -0.192. The van der Waals surface area contributed by atoms with Crippen molar-refractivity contribution >= 4 is 24.1 Å². The van der Waals surface area contributed by atoms with Gasteiger partial charge in [-0.05, 0) is 86.6 Å². The average molecular weight is 465 g/mol. The molecule has 1 aliphatic carbocycles. The van der Waals surface area contributed by atoms with Crippen LogP contribution in [-0.4, -0.2) is 50.2 Å². The second-order valence-corrected chi connectivity index (χ2v) is 10.6. The fourth-order valence-electron chi connectivity index (χ4n) is 5.38. The van der Waals surface area contributed by atoms with Gasteiger partial charge in [0.15, 0.2) is 0 Å². The van der Waals surface area contributed by atoms with Crippen LogP contribution < -0.4 is 4.90 Å². The van der Waals surface area contributed by atoms with Gasteiger partial charge < -0.3 is 9.64 Å². The highest BCUT2D eigenvalue weighted by Crippen LogP contribution is 2.45. The van der Waals surface area contributed by atoms with E-state index in [9.17, 15) is 4.79 Å². The summed E-state index contributed by atoms with van der Waals surface area (Å²) in [6.45, 7) is 17.3. The van der Waals surface area contributed by atoms with Crippen LogP contribution in [-0.2, 0) is 4.74 Å². The van der Waals surface area contributed by atoms with Crippen LogP contribution >= 0.6 is 12.4 Å². The molecule has 182 valence electrons. The predicted octanol–water partition coefficient (Wildman–Crippen LogP) is 6.53. The Labute approximate surface area is 202 Å². The van der Waals surface area contributed by atoms with E-state index in [1.165, 1.54) is 56.3 Å². The fraction of sp³-hybridized carbons (Fsp3) is 0.741. The largest absolute Gasteiger partial charge is 0.462 e. The maximum absolute atomic E-state index is 12.5. The summed E-state index contributed by atoms with van der Waals surface area (Å²) in [6.07, 6.45) is 7.55. The summed E-state index contributed by atoms with van der Waals surface area (Å²) >= 11 is 0. The highest BCUT2D eigenvalue weighted by atomic mass is 35.5. The molecule has 0 unspecified atom stereocenters. The number of hydrogen-bond donors (Lipinski definition) is 0. The molecule has 5 heteroatoms. The lowest BCUT2D eigenvalue weighted by molar-refractivity contribution is 0.0526. The Bertz CT molecular complexity index is 715. The molecule has 4 nitrogen and oxygen atoms in total. The van der Waals surface area contributed by atoms with E-state index < -0.39 is 0 Å². The van der Waals surface area contributed by atoms with E-state index in [2.05, 4.69) is 49.6 Å². The zero-order valence-electron chi connectivity index (χ0n) is 21.0. The Morgan fingerprint density at radius 3 is 2.25 bits per heavy atom. The number of carbonyl (C=O) groups excluding carboxylic acids is 1. The molecule has 0 N–H and O–H groups in total. The molecule has 1 saturated carbocycles. The Morgan fingerprint density at radius 2 is 1.69 bits per heavy atom. The summed E-state index contributed by atoms with van der Waals surface area (Å²) < 4.78 is 5.31. The number of benzene rings is 1. The molecule has 3 rings (SSSR count). The summed E-state index contributed by atoms with van der Waals surface area (Å²) in [6, 6.07) is 6.32. The smallest absolute Gasteiger partial charge is 0.338 e. The zero-order valence-corrected chi connectivity index (χ0v) is 21.8. The minimum Gasteiger partial charge on any atom is -0.462 e. The molecular formula is C27H45ClN2O2. The molecule has 0 bridgehead atoms. The third-order valence-electron chi connectivity index (χ3n) is 7.47. The first-order chi connectivity index (χ1) is 14.8. The monoisotopic (exact) mass is 464 g/mol. The molecule has 0 radical (unpaired) electrons. The van der Waals surface area contributed by atoms with E-state index in [4.69, 9.17) is 4.74 Å². The summed E-state index contributed by atoms with van der Waals surface area (Å²) in [5.74, 6) is 1.15. The summed E-state index contributed by atoms with van der Waals surface area (Å²) in [4.78, 5) is 17.6. The average Bonchev–Trinajstić information content (AvgIpc) is 2.77. The van der Waals surface area contributed by atoms with Crippen LogP contribution in [0.3, 0.4) is 0 Å². The fourth-order valence-corrected chi connectivity index (χ4v) is 5.38. The molecular weight excluding hydrogens is 420 g/mol. The van der Waals surface area contributed by atoms with Crippen LogP contribution in [0.4, 0.5) is 5.69 Å². The molecule has 0 amide bonds. The van der Waals surface area contributed by atoms with E-state index in [-0.39, 0.29) is 18.4 Å². The molecule has 2 fully saturated rings. The van der Waals surface area contributed by atoms with Crippen molar-refractivity contribution < 1.29 is 9.53 Å². The number of piperazine rings is 1. The number of hydrogen-bond acceptors (Lipinski definition) is 4. The predicted molar refractivity (Wildman–Crippen MR) is 137 cm³/mol. The molecule has 0 atom stereocenters. The van der Waals surface area contributed by atoms with Gasteiger partial charge in [-0.2, -0.15) is 0 Å². The standard InChI is InChI=1S/C27H44N2O2.ClH/c1-6-8-15-28-16-18-29(19-17-28)25-14-11-22(26(30)31-7-2)20-24(25)21-9-12-23(13-10-21)27(3,4)5;/h11,14,20-21,23H,6-10,12-13,15-19H2,1-5H3;1H. The van der Waals surface area contributed by atoms with Gasteiger partial charge in [-0.3, -0.25) is 4.90 Å². The van der Waals surface area contributed by atoms with Gasteiger partial charge in [-0.15, -0.1) is 12.4 Å². The van der Waals surface area contributed by atoms with Crippen molar-refractivity contribution in [3.8, 4) is 0 Å². The number of unbranched alkanes of at least 4 members (excludes halogenated alkanes) is 1. The van der Waals surface area contributed by atoms with E-state index in [0.29, 0.717) is 23.5 Å². The molecule has 1 saturated heterocycles.